The number of rotatable bonds is 7. The molecule has 2 N–H and O–H groups in total. The lowest BCUT2D eigenvalue weighted by Crippen LogP contribution is -2.26. The van der Waals surface area contributed by atoms with Crippen molar-refractivity contribution >= 4 is 21.8 Å². The summed E-state index contributed by atoms with van der Waals surface area (Å²) in [6.07, 6.45) is 0.422. The summed E-state index contributed by atoms with van der Waals surface area (Å²) in [5.41, 5.74) is 1.34. The second-order valence-corrected chi connectivity index (χ2v) is 7.00. The Balaban J connectivity index is 2.01. The number of carboxylic acid groups (broad SMARTS) is 1. The number of aromatic carboxylic acids is 1. The van der Waals surface area contributed by atoms with Gasteiger partial charge >= 0.3 is 5.97 Å². The van der Waals surface area contributed by atoms with Crippen molar-refractivity contribution in [3.63, 3.8) is 0 Å². The van der Waals surface area contributed by atoms with Crippen LogP contribution < -0.4 is 4.72 Å². The summed E-state index contributed by atoms with van der Waals surface area (Å²) in [7, 11) is -3.70. The third-order valence-electron chi connectivity index (χ3n) is 3.46. The highest BCUT2D eigenvalue weighted by atomic mass is 32.2. The zero-order chi connectivity index (χ0) is 17.7. The summed E-state index contributed by atoms with van der Waals surface area (Å²) in [4.78, 5) is 22.2. The van der Waals surface area contributed by atoms with E-state index in [-0.39, 0.29) is 22.8 Å². The second kappa shape index (κ2) is 7.37. The molecule has 0 radical (unpaired) electrons. The Hall–Kier alpha value is -2.51. The van der Waals surface area contributed by atoms with Crippen molar-refractivity contribution in [2.45, 2.75) is 18.2 Å². The van der Waals surface area contributed by atoms with E-state index in [2.05, 4.69) is 4.72 Å². The third kappa shape index (κ3) is 4.50. The van der Waals surface area contributed by atoms with Gasteiger partial charge in [-0.25, -0.2) is 17.9 Å². The van der Waals surface area contributed by atoms with E-state index in [9.17, 15) is 18.0 Å². The minimum atomic E-state index is -3.70. The van der Waals surface area contributed by atoms with Crippen LogP contribution in [0.5, 0.6) is 0 Å². The molecule has 126 valence electrons. The maximum absolute atomic E-state index is 12.2. The predicted octanol–water partition coefficient (Wildman–Crippen LogP) is 2.11. The van der Waals surface area contributed by atoms with Crippen LogP contribution >= 0.6 is 0 Å². The molecule has 0 aromatic heterocycles. The number of nitrogens with one attached hydrogen (secondary N) is 1. The zero-order valence-electron chi connectivity index (χ0n) is 13.0. The van der Waals surface area contributed by atoms with Gasteiger partial charge in [0, 0.05) is 12.1 Å². The Labute approximate surface area is 140 Å². The normalized spacial score (nSPS) is 11.2. The van der Waals surface area contributed by atoms with Gasteiger partial charge in [0.05, 0.1) is 10.5 Å². The molecule has 0 heterocycles. The SMILES string of the molecule is CC(=O)c1cccc(S(=O)(=O)NCCc2ccc(C(=O)O)cc2)c1. The van der Waals surface area contributed by atoms with Gasteiger partial charge in [-0.15, -0.1) is 0 Å². The number of ketones is 1. The molecule has 0 fully saturated rings. The fourth-order valence-electron chi connectivity index (χ4n) is 2.11. The minimum Gasteiger partial charge on any atom is -0.478 e. The Bertz CT molecular complexity index is 857. The lowest BCUT2D eigenvalue weighted by atomic mass is 10.1. The monoisotopic (exact) mass is 347 g/mol. The highest BCUT2D eigenvalue weighted by Crippen LogP contribution is 2.12. The van der Waals surface area contributed by atoms with Gasteiger partial charge in [0.2, 0.25) is 10.0 Å². The van der Waals surface area contributed by atoms with Crippen LogP contribution in [0.3, 0.4) is 0 Å². The number of benzene rings is 2. The van der Waals surface area contributed by atoms with Crippen molar-refractivity contribution in [3.05, 3.63) is 65.2 Å². The van der Waals surface area contributed by atoms with E-state index in [1.807, 2.05) is 0 Å². The maximum atomic E-state index is 12.2. The topological polar surface area (TPSA) is 101 Å². The summed E-state index contributed by atoms with van der Waals surface area (Å²) in [6.45, 7) is 1.54. The number of carboxylic acids is 1. The number of Topliss-reactive ketones (excluding diaryl/α,β-unsaturated/α-hetero) is 1. The lowest BCUT2D eigenvalue weighted by Gasteiger charge is -2.08. The van der Waals surface area contributed by atoms with Gasteiger partial charge in [0.15, 0.2) is 5.78 Å². The lowest BCUT2D eigenvalue weighted by molar-refractivity contribution is 0.0696. The molecule has 0 saturated heterocycles. The van der Waals surface area contributed by atoms with Crippen molar-refractivity contribution in [3.8, 4) is 0 Å². The van der Waals surface area contributed by atoms with Gasteiger partial charge in [-0.1, -0.05) is 24.3 Å². The van der Waals surface area contributed by atoms with Gasteiger partial charge in [-0.05, 0) is 43.2 Å². The highest BCUT2D eigenvalue weighted by Gasteiger charge is 2.14. The Morgan fingerprint density at radius 1 is 1.04 bits per heavy atom. The molecule has 0 unspecified atom stereocenters. The average molecular weight is 347 g/mol. The summed E-state index contributed by atoms with van der Waals surface area (Å²) in [5.74, 6) is -1.21. The van der Waals surface area contributed by atoms with E-state index in [1.165, 1.54) is 37.3 Å². The van der Waals surface area contributed by atoms with Gasteiger partial charge in [-0.2, -0.15) is 0 Å². The molecule has 0 spiro atoms. The molecule has 6 nitrogen and oxygen atoms in total. The van der Waals surface area contributed by atoms with E-state index >= 15 is 0 Å². The Kier molecular flexibility index (Phi) is 5.48. The summed E-state index contributed by atoms with van der Waals surface area (Å²) < 4.78 is 27.0. The molecule has 0 aliphatic rings. The number of hydrogen-bond donors (Lipinski definition) is 2. The number of hydrogen-bond acceptors (Lipinski definition) is 4. The van der Waals surface area contributed by atoms with Gasteiger partial charge in [0.1, 0.15) is 0 Å². The average Bonchev–Trinajstić information content (AvgIpc) is 2.55. The quantitative estimate of drug-likeness (QED) is 0.747. The van der Waals surface area contributed by atoms with Crippen LogP contribution in [0.2, 0.25) is 0 Å². The molecule has 7 heteroatoms. The van der Waals surface area contributed by atoms with Crippen LogP contribution in [0.4, 0.5) is 0 Å². The molecule has 24 heavy (non-hydrogen) atoms. The smallest absolute Gasteiger partial charge is 0.335 e. The molecule has 2 aromatic carbocycles. The van der Waals surface area contributed by atoms with Crippen molar-refractivity contribution in [1.29, 1.82) is 0 Å². The van der Waals surface area contributed by atoms with Crippen LogP contribution in [-0.4, -0.2) is 31.8 Å². The van der Waals surface area contributed by atoms with Crippen LogP contribution in [0, 0.1) is 0 Å². The summed E-state index contributed by atoms with van der Waals surface area (Å²) in [6, 6.07) is 12.1. The van der Waals surface area contributed by atoms with E-state index < -0.39 is 16.0 Å². The van der Waals surface area contributed by atoms with Crippen molar-refractivity contribution < 1.29 is 23.1 Å². The van der Waals surface area contributed by atoms with E-state index in [0.717, 1.165) is 5.56 Å². The van der Waals surface area contributed by atoms with E-state index in [4.69, 9.17) is 5.11 Å². The molecule has 0 amide bonds. The first kappa shape index (κ1) is 17.8. The van der Waals surface area contributed by atoms with Crippen LogP contribution in [0.1, 0.15) is 33.2 Å². The molecule has 2 aromatic rings. The Morgan fingerprint density at radius 3 is 2.29 bits per heavy atom. The molecule has 0 atom stereocenters. The largest absolute Gasteiger partial charge is 0.478 e. The number of carbonyl (C=O) groups excluding carboxylic acids is 1. The van der Waals surface area contributed by atoms with Crippen molar-refractivity contribution in [2.24, 2.45) is 0 Å². The maximum Gasteiger partial charge on any atom is 0.335 e. The predicted molar refractivity (Wildman–Crippen MR) is 88.7 cm³/mol. The molecule has 0 aliphatic heterocycles. The van der Waals surface area contributed by atoms with Gasteiger partial charge < -0.3 is 5.11 Å². The van der Waals surface area contributed by atoms with Crippen molar-refractivity contribution in [2.75, 3.05) is 6.54 Å². The van der Waals surface area contributed by atoms with Crippen LogP contribution in [0.25, 0.3) is 0 Å². The zero-order valence-corrected chi connectivity index (χ0v) is 13.8. The second-order valence-electron chi connectivity index (χ2n) is 5.23. The Morgan fingerprint density at radius 2 is 1.71 bits per heavy atom. The van der Waals surface area contributed by atoms with Gasteiger partial charge in [0.25, 0.3) is 0 Å². The fourth-order valence-corrected chi connectivity index (χ4v) is 3.19. The summed E-state index contributed by atoms with van der Waals surface area (Å²) in [5, 5.41) is 8.83. The molecule has 0 bridgehead atoms. The molecule has 0 saturated carbocycles. The van der Waals surface area contributed by atoms with Crippen molar-refractivity contribution in [1.82, 2.24) is 4.72 Å². The number of sulfonamides is 1. The molecule has 0 aliphatic carbocycles. The molecular formula is C17H17NO5S. The number of carbonyl (C=O) groups is 2. The molecular weight excluding hydrogens is 330 g/mol. The highest BCUT2D eigenvalue weighted by molar-refractivity contribution is 7.89. The fraction of sp³-hybridized carbons (Fsp3) is 0.176. The first-order valence-corrected chi connectivity index (χ1v) is 8.71. The minimum absolute atomic E-state index is 0.0384. The third-order valence-corrected chi connectivity index (χ3v) is 4.92. The summed E-state index contributed by atoms with van der Waals surface area (Å²) >= 11 is 0. The van der Waals surface area contributed by atoms with E-state index in [1.54, 1.807) is 18.2 Å². The first-order valence-electron chi connectivity index (χ1n) is 7.22. The van der Waals surface area contributed by atoms with Crippen LogP contribution in [-0.2, 0) is 16.4 Å². The van der Waals surface area contributed by atoms with E-state index in [0.29, 0.717) is 12.0 Å². The first-order chi connectivity index (χ1) is 11.3. The molecule has 2 rings (SSSR count). The van der Waals surface area contributed by atoms with Gasteiger partial charge in [-0.3, -0.25) is 4.79 Å². The standard InChI is InChI=1S/C17H17NO5S/c1-12(19)15-3-2-4-16(11-15)24(22,23)18-10-9-13-5-7-14(8-6-13)17(20)21/h2-8,11,18H,9-10H2,1H3,(H,20,21). The van der Waals surface area contributed by atoms with Crippen LogP contribution in [0.15, 0.2) is 53.4 Å².